The van der Waals surface area contributed by atoms with Gasteiger partial charge in [0.15, 0.2) is 14.1 Å². The number of hydrogen-bond acceptors (Lipinski definition) is 9. The van der Waals surface area contributed by atoms with Crippen molar-refractivity contribution in [1.82, 2.24) is 0 Å². The first-order valence-corrected chi connectivity index (χ1v) is 27.4. The van der Waals surface area contributed by atoms with E-state index in [0.29, 0.717) is 39.1 Å². The fourth-order valence-electron chi connectivity index (χ4n) is 9.20. The second-order valence-electron chi connectivity index (χ2n) is 20.5. The zero-order chi connectivity index (χ0) is 43.6. The molecule has 0 unspecified atom stereocenters. The fourth-order valence-corrected chi connectivity index (χ4v) is 15.1. The minimum Gasteiger partial charge on any atom is -0.411 e. The van der Waals surface area contributed by atoms with E-state index in [0.717, 1.165) is 12.0 Å². The third-order valence-electron chi connectivity index (χ3n) is 13.5. The first kappa shape index (κ1) is 46.5. The van der Waals surface area contributed by atoms with Crippen molar-refractivity contribution in [2.75, 3.05) is 13.2 Å². The molecule has 61 heavy (non-hydrogen) atoms. The normalized spacial score (nSPS) is 30.7. The van der Waals surface area contributed by atoms with Crippen molar-refractivity contribution in [2.24, 2.45) is 0 Å². The van der Waals surface area contributed by atoms with Gasteiger partial charge in [-0.25, -0.2) is 0 Å². The van der Waals surface area contributed by atoms with Gasteiger partial charge >= 0.3 is 0 Å². The molecule has 0 amide bonds. The maximum absolute atomic E-state index is 12.1. The van der Waals surface area contributed by atoms with Gasteiger partial charge in [0.25, 0.3) is 8.32 Å². The number of fused-ring (bicyclic) bond motifs is 1. The summed E-state index contributed by atoms with van der Waals surface area (Å²) in [4.78, 5) is 0. The molecule has 9 nitrogen and oxygen atoms in total. The van der Waals surface area contributed by atoms with Crippen molar-refractivity contribution in [1.29, 1.82) is 0 Å². The van der Waals surface area contributed by atoms with Gasteiger partial charge in [-0.05, 0) is 65.8 Å². The quantitative estimate of drug-likeness (QED) is 0.0865. The summed E-state index contributed by atoms with van der Waals surface area (Å²) in [5.74, 6) is -0.549. The fraction of sp³-hybridized carbons (Fsp3) is 0.600. The van der Waals surface area contributed by atoms with E-state index < -0.39 is 46.8 Å². The van der Waals surface area contributed by atoms with Gasteiger partial charge in [0.1, 0.15) is 24.4 Å². The summed E-state index contributed by atoms with van der Waals surface area (Å²) < 4.78 is 53.2. The summed E-state index contributed by atoms with van der Waals surface area (Å²) in [5.41, 5.74) is 1.04. The number of aliphatic hydroxyl groups is 1. The molecule has 3 aromatic carbocycles. The van der Waals surface area contributed by atoms with Crippen molar-refractivity contribution < 1.29 is 42.4 Å². The molecule has 7 rings (SSSR count). The molecule has 1 N–H and O–H groups in total. The van der Waals surface area contributed by atoms with Crippen LogP contribution in [0.15, 0.2) is 103 Å². The van der Waals surface area contributed by atoms with Crippen LogP contribution in [0.3, 0.4) is 0 Å². The van der Waals surface area contributed by atoms with E-state index >= 15 is 0 Å². The van der Waals surface area contributed by atoms with Gasteiger partial charge in [-0.1, -0.05) is 145 Å². The molecule has 0 spiro atoms. The highest BCUT2D eigenvalue weighted by molar-refractivity contribution is 6.99. The van der Waals surface area contributed by atoms with Crippen LogP contribution in [0.5, 0.6) is 0 Å². The Kier molecular flexibility index (Phi) is 14.4. The predicted octanol–water partition coefficient (Wildman–Crippen LogP) is 8.47. The predicted molar refractivity (Wildman–Crippen MR) is 245 cm³/mol. The van der Waals surface area contributed by atoms with Crippen LogP contribution >= 0.6 is 0 Å². The Balaban J connectivity index is 1.12. The van der Waals surface area contributed by atoms with E-state index in [4.69, 9.17) is 37.3 Å². The molecule has 10 atom stereocenters. The van der Waals surface area contributed by atoms with Gasteiger partial charge in [-0.2, -0.15) is 0 Å². The first-order valence-electron chi connectivity index (χ1n) is 22.6. The molecule has 0 bridgehead atoms. The molecule has 0 aromatic heterocycles. The molecule has 4 saturated heterocycles. The van der Waals surface area contributed by atoms with Gasteiger partial charge < -0.3 is 42.4 Å². The summed E-state index contributed by atoms with van der Waals surface area (Å²) in [6.45, 7) is 23.7. The van der Waals surface area contributed by atoms with Crippen molar-refractivity contribution in [3.05, 3.63) is 109 Å². The summed E-state index contributed by atoms with van der Waals surface area (Å²) in [6.07, 6.45) is 3.51. The lowest BCUT2D eigenvalue weighted by atomic mass is 9.86. The van der Waals surface area contributed by atoms with E-state index in [1.807, 2.05) is 32.0 Å². The minimum atomic E-state index is -2.79. The number of benzene rings is 3. The SMILES string of the molecule is CC1(C)OC[C@H](C[C@H]2O[C@H]2/C=C/C[C@@H]2O[C@@H]3C[C@H](O[Si](C)(C)C(C)(C)C)[C@@H](CCO[Si](c4ccccc4)(c4ccccc4)C(C)(C)C)O[C@H]3[C@H](OCc3ccccc3)[C@H]2O)O1. The Morgan fingerprint density at radius 2 is 1.41 bits per heavy atom. The molecule has 3 aromatic rings. The average Bonchev–Trinajstić information content (AvgIpc) is 3.85. The largest absolute Gasteiger partial charge is 0.411 e. The van der Waals surface area contributed by atoms with Crippen molar-refractivity contribution in [3.8, 4) is 0 Å². The van der Waals surface area contributed by atoms with Crippen LogP contribution in [0.1, 0.15) is 86.6 Å². The zero-order valence-electron chi connectivity index (χ0n) is 38.3. The molecule has 0 saturated carbocycles. The van der Waals surface area contributed by atoms with Gasteiger partial charge in [-0.15, -0.1) is 0 Å². The molecule has 11 heteroatoms. The summed E-state index contributed by atoms with van der Waals surface area (Å²) in [6, 6.07) is 31.7. The Bertz CT molecular complexity index is 1820. The number of hydrogen-bond donors (Lipinski definition) is 1. The zero-order valence-corrected chi connectivity index (χ0v) is 40.3. The standard InChI is InChI=1S/C50H72O9Si2/c1-48(2,3)60(9,10)59-43-32-44-46(57-40(43)29-30-54-61(49(4,5)6,37-23-16-12-17-24-37)38-25-18-13-19-26-38)47(52-33-35-21-14-11-15-22-35)45(51)41(56-44)28-20-27-39-42(55-39)31-36-34-53-50(7,8)58-36/h11-27,36,39-47,51H,28-34H2,1-10H3/b27-20+/t36-,39-,40+,41-,42+,43-,44+,45-,46+,47+/m0/s1. The van der Waals surface area contributed by atoms with Crippen LogP contribution < -0.4 is 10.4 Å². The Morgan fingerprint density at radius 1 is 0.787 bits per heavy atom. The molecule has 4 aliphatic rings. The van der Waals surface area contributed by atoms with E-state index in [1.54, 1.807) is 0 Å². The van der Waals surface area contributed by atoms with Crippen LogP contribution in [-0.2, 0) is 43.9 Å². The molecule has 0 aliphatic carbocycles. The number of aliphatic hydroxyl groups excluding tert-OH is 1. The van der Waals surface area contributed by atoms with Crippen molar-refractivity contribution >= 4 is 27.0 Å². The van der Waals surface area contributed by atoms with Crippen LogP contribution in [0.4, 0.5) is 0 Å². The lowest BCUT2D eigenvalue weighted by Gasteiger charge is -2.52. The topological polar surface area (TPSA) is 97.4 Å². The first-order chi connectivity index (χ1) is 28.9. The summed E-state index contributed by atoms with van der Waals surface area (Å²) >= 11 is 0. The number of ether oxygens (including phenoxy) is 6. The molecule has 4 aliphatic heterocycles. The van der Waals surface area contributed by atoms with E-state index in [-0.39, 0.29) is 46.7 Å². The van der Waals surface area contributed by atoms with Crippen LogP contribution in [0, 0.1) is 0 Å². The van der Waals surface area contributed by atoms with Gasteiger partial charge in [0, 0.05) is 19.4 Å². The van der Waals surface area contributed by atoms with Gasteiger partial charge in [-0.3, -0.25) is 0 Å². The number of rotatable bonds is 16. The highest BCUT2D eigenvalue weighted by Gasteiger charge is 2.54. The average molecular weight is 873 g/mol. The van der Waals surface area contributed by atoms with Crippen molar-refractivity contribution in [2.45, 2.75) is 178 Å². The molecule has 334 valence electrons. The van der Waals surface area contributed by atoms with E-state index in [9.17, 15) is 5.11 Å². The monoisotopic (exact) mass is 872 g/mol. The summed E-state index contributed by atoms with van der Waals surface area (Å²) in [5, 5.41) is 14.4. The Labute approximate surface area is 367 Å². The second kappa shape index (κ2) is 18.9. The second-order valence-corrected chi connectivity index (χ2v) is 29.6. The van der Waals surface area contributed by atoms with Crippen LogP contribution in [0.25, 0.3) is 0 Å². The van der Waals surface area contributed by atoms with E-state index in [1.165, 1.54) is 10.4 Å². The van der Waals surface area contributed by atoms with Gasteiger partial charge in [0.05, 0.1) is 49.8 Å². The smallest absolute Gasteiger partial charge is 0.261 e. The molecular formula is C50H72O9Si2. The molecule has 0 radical (unpaired) electrons. The Hall–Kier alpha value is -2.53. The minimum absolute atomic E-state index is 0.00600. The third-order valence-corrected chi connectivity index (χ3v) is 23.1. The molecule has 4 fully saturated rings. The van der Waals surface area contributed by atoms with Crippen LogP contribution in [-0.4, -0.2) is 102 Å². The lowest BCUT2D eigenvalue weighted by molar-refractivity contribution is -0.289. The number of epoxide rings is 1. The Morgan fingerprint density at radius 3 is 1.98 bits per heavy atom. The highest BCUT2D eigenvalue weighted by Crippen LogP contribution is 2.43. The maximum atomic E-state index is 12.1. The lowest BCUT2D eigenvalue weighted by Crippen LogP contribution is -2.67. The molecular weight excluding hydrogens is 801 g/mol. The maximum Gasteiger partial charge on any atom is 0.261 e. The van der Waals surface area contributed by atoms with E-state index in [2.05, 4.69) is 140 Å². The van der Waals surface area contributed by atoms with Gasteiger partial charge in [0.2, 0.25) is 0 Å². The van der Waals surface area contributed by atoms with Crippen molar-refractivity contribution in [3.63, 3.8) is 0 Å². The highest BCUT2D eigenvalue weighted by atomic mass is 28.4. The summed E-state index contributed by atoms with van der Waals surface area (Å²) in [7, 11) is -5.05. The third kappa shape index (κ3) is 10.9. The van der Waals surface area contributed by atoms with Crippen LogP contribution in [0.2, 0.25) is 23.2 Å². The molecule has 4 heterocycles.